The number of hydrogen-bond donors (Lipinski definition) is 1. The van der Waals surface area contributed by atoms with Crippen molar-refractivity contribution in [1.82, 2.24) is 0 Å². The van der Waals surface area contributed by atoms with Gasteiger partial charge in [0.2, 0.25) is 0 Å². The molecule has 0 fully saturated rings. The summed E-state index contributed by atoms with van der Waals surface area (Å²) in [5, 5.41) is 19.8. The third-order valence-electron chi connectivity index (χ3n) is 1.96. The second-order valence-corrected chi connectivity index (χ2v) is 4.42. The maximum absolute atomic E-state index is 11.0. The number of benzene rings is 1. The normalized spacial score (nSPS) is 10.2. The lowest BCUT2D eigenvalue weighted by Crippen LogP contribution is -2.01. The SMILES string of the molecule is CCCOc1cccc(SCCO)c1[N+](=O)[O-]. The molecular formula is C11H15NO4S. The minimum atomic E-state index is -0.440. The smallest absolute Gasteiger partial charge is 0.324 e. The molecule has 1 N–H and O–H groups in total. The number of aliphatic hydroxyl groups excluding tert-OH is 1. The summed E-state index contributed by atoms with van der Waals surface area (Å²) in [5.74, 6) is 0.720. The molecule has 1 rings (SSSR count). The van der Waals surface area contributed by atoms with Crippen LogP contribution in [0.15, 0.2) is 23.1 Å². The zero-order chi connectivity index (χ0) is 12.7. The number of nitro groups is 1. The molecule has 0 radical (unpaired) electrons. The van der Waals surface area contributed by atoms with E-state index < -0.39 is 4.92 Å². The highest BCUT2D eigenvalue weighted by Crippen LogP contribution is 2.37. The fourth-order valence-electron chi connectivity index (χ4n) is 1.28. The first kappa shape index (κ1) is 13.8. The molecule has 1 aromatic rings. The summed E-state index contributed by atoms with van der Waals surface area (Å²) in [6.07, 6.45) is 0.797. The number of hydrogen-bond acceptors (Lipinski definition) is 5. The number of thioether (sulfide) groups is 1. The van der Waals surface area contributed by atoms with Gasteiger partial charge in [0.25, 0.3) is 0 Å². The Morgan fingerprint density at radius 1 is 1.53 bits per heavy atom. The lowest BCUT2D eigenvalue weighted by Gasteiger charge is -2.08. The van der Waals surface area contributed by atoms with Gasteiger partial charge in [-0.05, 0) is 18.6 Å². The molecule has 0 saturated carbocycles. The average Bonchev–Trinajstić information content (AvgIpc) is 2.33. The van der Waals surface area contributed by atoms with Gasteiger partial charge in [0, 0.05) is 5.75 Å². The summed E-state index contributed by atoms with van der Waals surface area (Å²) in [4.78, 5) is 11.1. The van der Waals surface area contributed by atoms with Gasteiger partial charge in [-0.15, -0.1) is 11.8 Å². The summed E-state index contributed by atoms with van der Waals surface area (Å²) in [6.45, 7) is 2.38. The first-order chi connectivity index (χ1) is 8.20. The van der Waals surface area contributed by atoms with Gasteiger partial charge in [0.1, 0.15) is 0 Å². The zero-order valence-corrected chi connectivity index (χ0v) is 10.4. The largest absolute Gasteiger partial charge is 0.487 e. The molecule has 0 spiro atoms. The summed E-state index contributed by atoms with van der Waals surface area (Å²) in [5.41, 5.74) is -0.0144. The Labute approximate surface area is 104 Å². The van der Waals surface area contributed by atoms with Crippen LogP contribution in [0.5, 0.6) is 5.75 Å². The third-order valence-corrected chi connectivity index (χ3v) is 2.98. The van der Waals surface area contributed by atoms with E-state index in [-0.39, 0.29) is 12.3 Å². The molecule has 94 valence electrons. The van der Waals surface area contributed by atoms with Crippen molar-refractivity contribution in [3.8, 4) is 5.75 Å². The number of ether oxygens (including phenoxy) is 1. The Bertz CT molecular complexity index is 357. The van der Waals surface area contributed by atoms with Crippen LogP contribution in [-0.4, -0.2) is 29.0 Å². The van der Waals surface area contributed by atoms with Crippen molar-refractivity contribution in [3.63, 3.8) is 0 Å². The van der Waals surface area contributed by atoms with Crippen LogP contribution in [0, 0.1) is 10.1 Å². The van der Waals surface area contributed by atoms with Gasteiger partial charge < -0.3 is 9.84 Å². The molecular weight excluding hydrogens is 242 g/mol. The molecule has 0 bridgehead atoms. The van der Waals surface area contributed by atoms with Crippen molar-refractivity contribution < 1.29 is 14.8 Å². The van der Waals surface area contributed by atoms with E-state index in [1.54, 1.807) is 18.2 Å². The number of rotatable bonds is 7. The Hall–Kier alpha value is -1.27. The molecule has 0 aliphatic heterocycles. The molecule has 0 aliphatic carbocycles. The van der Waals surface area contributed by atoms with Crippen molar-refractivity contribution >= 4 is 17.4 Å². The maximum atomic E-state index is 11.0. The minimum Gasteiger partial charge on any atom is -0.487 e. The van der Waals surface area contributed by atoms with Crippen LogP contribution < -0.4 is 4.74 Å². The van der Waals surface area contributed by atoms with Crippen LogP contribution >= 0.6 is 11.8 Å². The molecule has 0 heterocycles. The van der Waals surface area contributed by atoms with Gasteiger partial charge in [0.05, 0.1) is 23.0 Å². The Morgan fingerprint density at radius 3 is 2.88 bits per heavy atom. The van der Waals surface area contributed by atoms with Crippen molar-refractivity contribution in [2.24, 2.45) is 0 Å². The molecule has 6 heteroatoms. The fraction of sp³-hybridized carbons (Fsp3) is 0.455. The van der Waals surface area contributed by atoms with E-state index in [1.165, 1.54) is 11.8 Å². The molecule has 0 aromatic heterocycles. The van der Waals surface area contributed by atoms with Crippen LogP contribution in [0.2, 0.25) is 0 Å². The van der Waals surface area contributed by atoms with Gasteiger partial charge in [-0.25, -0.2) is 0 Å². The first-order valence-corrected chi connectivity index (χ1v) is 6.33. The second-order valence-electron chi connectivity index (χ2n) is 3.28. The zero-order valence-electron chi connectivity index (χ0n) is 9.59. The third kappa shape index (κ3) is 3.90. The number of para-hydroxylation sites is 1. The van der Waals surface area contributed by atoms with Crippen molar-refractivity contribution in [2.75, 3.05) is 19.0 Å². The van der Waals surface area contributed by atoms with Gasteiger partial charge in [-0.2, -0.15) is 0 Å². The van der Waals surface area contributed by atoms with Crippen LogP contribution in [0.3, 0.4) is 0 Å². The van der Waals surface area contributed by atoms with Crippen LogP contribution in [0.25, 0.3) is 0 Å². The van der Waals surface area contributed by atoms with Crippen molar-refractivity contribution in [3.05, 3.63) is 28.3 Å². The Morgan fingerprint density at radius 2 is 2.29 bits per heavy atom. The number of aliphatic hydroxyl groups is 1. The highest BCUT2D eigenvalue weighted by Gasteiger charge is 2.20. The molecule has 0 unspecified atom stereocenters. The van der Waals surface area contributed by atoms with E-state index in [0.717, 1.165) is 6.42 Å². The highest BCUT2D eigenvalue weighted by molar-refractivity contribution is 7.99. The maximum Gasteiger partial charge on any atom is 0.324 e. The van der Waals surface area contributed by atoms with Crippen LogP contribution in [0.4, 0.5) is 5.69 Å². The number of nitrogens with zero attached hydrogens (tertiary/aromatic N) is 1. The van der Waals surface area contributed by atoms with Gasteiger partial charge in [0.15, 0.2) is 5.75 Å². The molecule has 0 amide bonds. The average molecular weight is 257 g/mol. The second kappa shape index (κ2) is 7.13. The quantitative estimate of drug-likeness (QED) is 0.461. The molecule has 5 nitrogen and oxygen atoms in total. The standard InChI is InChI=1S/C11H15NO4S/c1-2-7-16-9-4-3-5-10(17-8-6-13)11(9)12(14)15/h3-5,13H,2,6-8H2,1H3. The van der Waals surface area contributed by atoms with E-state index in [4.69, 9.17) is 9.84 Å². The van der Waals surface area contributed by atoms with E-state index in [2.05, 4.69) is 0 Å². The van der Waals surface area contributed by atoms with Gasteiger partial charge >= 0.3 is 5.69 Å². The highest BCUT2D eigenvalue weighted by atomic mass is 32.2. The minimum absolute atomic E-state index is 0.0120. The summed E-state index contributed by atoms with van der Waals surface area (Å²) >= 11 is 1.25. The van der Waals surface area contributed by atoms with E-state index in [1.807, 2.05) is 6.92 Å². The van der Waals surface area contributed by atoms with Gasteiger partial charge in [-0.3, -0.25) is 10.1 Å². The topological polar surface area (TPSA) is 72.6 Å². The van der Waals surface area contributed by atoms with Crippen LogP contribution in [0.1, 0.15) is 13.3 Å². The van der Waals surface area contributed by atoms with Crippen molar-refractivity contribution in [2.45, 2.75) is 18.2 Å². The predicted molar refractivity (Wildman–Crippen MR) is 66.7 cm³/mol. The van der Waals surface area contributed by atoms with E-state index in [0.29, 0.717) is 23.0 Å². The lowest BCUT2D eigenvalue weighted by atomic mass is 10.3. The molecule has 0 aliphatic rings. The van der Waals surface area contributed by atoms with E-state index >= 15 is 0 Å². The summed E-state index contributed by atoms with van der Waals surface area (Å²) in [6, 6.07) is 4.98. The van der Waals surface area contributed by atoms with Crippen molar-refractivity contribution in [1.29, 1.82) is 0 Å². The monoisotopic (exact) mass is 257 g/mol. The molecule has 0 atom stereocenters. The van der Waals surface area contributed by atoms with Gasteiger partial charge in [-0.1, -0.05) is 13.0 Å². The predicted octanol–water partition coefficient (Wildman–Crippen LogP) is 2.47. The van der Waals surface area contributed by atoms with Crippen LogP contribution in [-0.2, 0) is 0 Å². The number of nitro benzene ring substituents is 1. The Balaban J connectivity index is 2.99. The fourth-order valence-corrected chi connectivity index (χ4v) is 2.08. The molecule has 0 saturated heterocycles. The molecule has 1 aromatic carbocycles. The summed E-state index contributed by atoms with van der Waals surface area (Å²) in [7, 11) is 0. The van der Waals surface area contributed by atoms with E-state index in [9.17, 15) is 10.1 Å². The molecule has 17 heavy (non-hydrogen) atoms. The first-order valence-electron chi connectivity index (χ1n) is 5.34. The Kier molecular flexibility index (Phi) is 5.79. The summed E-state index contributed by atoms with van der Waals surface area (Å²) < 4.78 is 5.35. The lowest BCUT2D eigenvalue weighted by molar-refractivity contribution is -0.388.